The number of aromatic carboxylic acids is 1. The SMILES string of the molecule is O=C(O)c1csc2nc(-c3ccncc3)[nH]c(=O)c12. The minimum absolute atomic E-state index is 0.0185. The lowest BCUT2D eigenvalue weighted by atomic mass is 10.2. The van der Waals surface area contributed by atoms with Crippen LogP contribution in [0.4, 0.5) is 0 Å². The number of fused-ring (bicyclic) bond motifs is 1. The van der Waals surface area contributed by atoms with Crippen LogP contribution in [-0.4, -0.2) is 26.0 Å². The largest absolute Gasteiger partial charge is 0.478 e. The van der Waals surface area contributed by atoms with Crippen LogP contribution in [0.2, 0.25) is 0 Å². The Hall–Kier alpha value is -2.54. The summed E-state index contributed by atoms with van der Waals surface area (Å²) in [7, 11) is 0. The Kier molecular flexibility index (Phi) is 2.60. The zero-order valence-electron chi connectivity index (χ0n) is 9.45. The van der Waals surface area contributed by atoms with E-state index in [2.05, 4.69) is 15.0 Å². The van der Waals surface area contributed by atoms with Crippen molar-refractivity contribution in [2.24, 2.45) is 0 Å². The van der Waals surface area contributed by atoms with Gasteiger partial charge in [-0.05, 0) is 12.1 Å². The topological polar surface area (TPSA) is 95.9 Å². The van der Waals surface area contributed by atoms with Crippen LogP contribution >= 0.6 is 11.3 Å². The molecule has 0 radical (unpaired) electrons. The van der Waals surface area contributed by atoms with Gasteiger partial charge in [-0.2, -0.15) is 0 Å². The molecule has 2 N–H and O–H groups in total. The molecular formula is C12H7N3O3S. The second kappa shape index (κ2) is 4.29. The predicted octanol–water partition coefficient (Wildman–Crippen LogP) is 1.74. The second-order valence-corrected chi connectivity index (χ2v) is 4.64. The molecule has 0 fully saturated rings. The lowest BCUT2D eigenvalue weighted by Gasteiger charge is -2.00. The van der Waals surface area contributed by atoms with Crippen molar-refractivity contribution in [3.05, 3.63) is 45.8 Å². The van der Waals surface area contributed by atoms with Crippen LogP contribution in [0.15, 0.2) is 34.7 Å². The van der Waals surface area contributed by atoms with E-state index in [4.69, 9.17) is 5.11 Å². The molecule has 0 amide bonds. The first-order valence-corrected chi connectivity index (χ1v) is 6.20. The third kappa shape index (κ3) is 1.89. The number of aromatic amines is 1. The number of carboxylic acids is 1. The molecule has 0 aliphatic heterocycles. The Morgan fingerprint density at radius 1 is 1.32 bits per heavy atom. The Labute approximate surface area is 110 Å². The molecule has 7 heteroatoms. The Balaban J connectivity index is 2.28. The molecule has 0 bridgehead atoms. The van der Waals surface area contributed by atoms with Crippen molar-refractivity contribution >= 4 is 27.5 Å². The maximum Gasteiger partial charge on any atom is 0.337 e. The third-order valence-electron chi connectivity index (χ3n) is 2.63. The molecule has 3 rings (SSSR count). The summed E-state index contributed by atoms with van der Waals surface area (Å²) >= 11 is 1.14. The average molecular weight is 273 g/mol. The van der Waals surface area contributed by atoms with Crippen LogP contribution in [0.1, 0.15) is 10.4 Å². The van der Waals surface area contributed by atoms with E-state index in [1.807, 2.05) is 0 Å². The van der Waals surface area contributed by atoms with E-state index in [-0.39, 0.29) is 10.9 Å². The number of rotatable bonds is 2. The van der Waals surface area contributed by atoms with E-state index in [9.17, 15) is 9.59 Å². The van der Waals surface area contributed by atoms with Crippen molar-refractivity contribution in [3.8, 4) is 11.4 Å². The smallest absolute Gasteiger partial charge is 0.337 e. The van der Waals surface area contributed by atoms with Gasteiger partial charge in [-0.3, -0.25) is 9.78 Å². The molecule has 94 valence electrons. The number of aromatic nitrogens is 3. The Bertz CT molecular complexity index is 823. The molecule has 19 heavy (non-hydrogen) atoms. The highest BCUT2D eigenvalue weighted by atomic mass is 32.1. The molecule has 3 aromatic rings. The summed E-state index contributed by atoms with van der Waals surface area (Å²) in [5, 5.41) is 10.5. The molecule has 3 aromatic heterocycles. The minimum atomic E-state index is -1.13. The highest BCUT2D eigenvalue weighted by molar-refractivity contribution is 7.17. The molecule has 0 aliphatic rings. The molecular weight excluding hydrogens is 266 g/mol. The van der Waals surface area contributed by atoms with Crippen LogP contribution in [0, 0.1) is 0 Å². The third-order valence-corrected chi connectivity index (χ3v) is 3.50. The fourth-order valence-electron chi connectivity index (χ4n) is 1.75. The van der Waals surface area contributed by atoms with Crippen molar-refractivity contribution in [1.29, 1.82) is 0 Å². The highest BCUT2D eigenvalue weighted by Crippen LogP contribution is 2.23. The van der Waals surface area contributed by atoms with Crippen LogP contribution in [0.5, 0.6) is 0 Å². The molecule has 0 atom stereocenters. The van der Waals surface area contributed by atoms with Gasteiger partial charge in [0.05, 0.1) is 10.9 Å². The van der Waals surface area contributed by atoms with E-state index in [0.29, 0.717) is 10.7 Å². The maximum atomic E-state index is 12.0. The maximum absolute atomic E-state index is 12.0. The number of hydrogen-bond donors (Lipinski definition) is 2. The van der Waals surface area contributed by atoms with Gasteiger partial charge < -0.3 is 10.1 Å². The van der Waals surface area contributed by atoms with Crippen molar-refractivity contribution in [3.63, 3.8) is 0 Å². The van der Waals surface area contributed by atoms with Gasteiger partial charge >= 0.3 is 5.97 Å². The summed E-state index contributed by atoms with van der Waals surface area (Å²) in [6.45, 7) is 0. The lowest BCUT2D eigenvalue weighted by Crippen LogP contribution is -2.11. The van der Waals surface area contributed by atoms with Gasteiger partial charge in [-0.25, -0.2) is 9.78 Å². The summed E-state index contributed by atoms with van der Waals surface area (Å²) in [6, 6.07) is 3.44. The quantitative estimate of drug-likeness (QED) is 0.741. The molecule has 3 heterocycles. The first kappa shape index (κ1) is 11.5. The van der Waals surface area contributed by atoms with Gasteiger partial charge in [0.15, 0.2) is 0 Å². The number of thiophene rings is 1. The van der Waals surface area contributed by atoms with E-state index in [0.717, 1.165) is 16.9 Å². The fourth-order valence-corrected chi connectivity index (χ4v) is 2.67. The number of nitrogens with zero attached hydrogens (tertiary/aromatic N) is 2. The molecule has 0 aliphatic carbocycles. The lowest BCUT2D eigenvalue weighted by molar-refractivity contribution is 0.0699. The predicted molar refractivity (Wildman–Crippen MR) is 70.4 cm³/mol. The van der Waals surface area contributed by atoms with Crippen molar-refractivity contribution in [2.75, 3.05) is 0 Å². The Morgan fingerprint density at radius 2 is 2.05 bits per heavy atom. The van der Waals surface area contributed by atoms with Crippen molar-refractivity contribution in [1.82, 2.24) is 15.0 Å². The van der Waals surface area contributed by atoms with Crippen molar-refractivity contribution in [2.45, 2.75) is 0 Å². The van der Waals surface area contributed by atoms with Gasteiger partial charge in [0, 0.05) is 23.3 Å². The number of nitrogens with one attached hydrogen (secondary N) is 1. The molecule has 0 unspecified atom stereocenters. The van der Waals surface area contributed by atoms with Gasteiger partial charge in [0.25, 0.3) is 5.56 Å². The summed E-state index contributed by atoms with van der Waals surface area (Å²) in [6.07, 6.45) is 3.19. The first-order valence-electron chi connectivity index (χ1n) is 5.32. The van der Waals surface area contributed by atoms with E-state index in [1.165, 1.54) is 5.38 Å². The van der Waals surface area contributed by atoms with E-state index < -0.39 is 11.5 Å². The fraction of sp³-hybridized carbons (Fsp3) is 0. The number of carboxylic acid groups (broad SMARTS) is 1. The van der Waals surface area contributed by atoms with Gasteiger partial charge in [0.2, 0.25) is 0 Å². The highest BCUT2D eigenvalue weighted by Gasteiger charge is 2.16. The normalized spacial score (nSPS) is 10.7. The number of H-pyrrole nitrogens is 1. The summed E-state index contributed by atoms with van der Waals surface area (Å²) in [5.74, 6) is -0.728. The van der Waals surface area contributed by atoms with Crippen LogP contribution in [-0.2, 0) is 0 Å². The monoisotopic (exact) mass is 273 g/mol. The van der Waals surface area contributed by atoms with E-state index in [1.54, 1.807) is 24.5 Å². The number of pyridine rings is 1. The standard InChI is InChI=1S/C12H7N3O3S/c16-10-8-7(12(17)18)5-19-11(8)15-9(14-10)6-1-3-13-4-2-6/h1-5H,(H,17,18)(H,14,15,16). The van der Waals surface area contributed by atoms with Crippen LogP contribution in [0.3, 0.4) is 0 Å². The molecule has 0 saturated heterocycles. The average Bonchev–Trinajstić information content (AvgIpc) is 2.84. The molecule has 0 spiro atoms. The summed E-state index contributed by atoms with van der Waals surface area (Å²) in [5.41, 5.74) is 0.254. The van der Waals surface area contributed by atoms with Crippen molar-refractivity contribution < 1.29 is 9.90 Å². The Morgan fingerprint density at radius 3 is 2.74 bits per heavy atom. The van der Waals surface area contributed by atoms with Crippen LogP contribution in [0.25, 0.3) is 21.6 Å². The zero-order chi connectivity index (χ0) is 13.4. The summed E-state index contributed by atoms with van der Waals surface area (Å²) in [4.78, 5) is 34.2. The first-order chi connectivity index (χ1) is 9.16. The summed E-state index contributed by atoms with van der Waals surface area (Å²) < 4.78 is 0. The van der Waals surface area contributed by atoms with E-state index >= 15 is 0 Å². The zero-order valence-corrected chi connectivity index (χ0v) is 10.3. The molecule has 0 saturated carbocycles. The number of hydrogen-bond acceptors (Lipinski definition) is 5. The van der Waals surface area contributed by atoms with Gasteiger partial charge in [-0.1, -0.05) is 0 Å². The number of carbonyl (C=O) groups is 1. The molecule has 0 aromatic carbocycles. The minimum Gasteiger partial charge on any atom is -0.478 e. The van der Waals surface area contributed by atoms with Crippen LogP contribution < -0.4 is 5.56 Å². The molecule has 6 nitrogen and oxygen atoms in total. The van der Waals surface area contributed by atoms with Gasteiger partial charge in [0.1, 0.15) is 10.7 Å². The second-order valence-electron chi connectivity index (χ2n) is 3.79. The van der Waals surface area contributed by atoms with Gasteiger partial charge in [-0.15, -0.1) is 11.3 Å².